The molecule has 2 N–H and O–H groups in total. The van der Waals surface area contributed by atoms with Crippen LogP contribution in [0.3, 0.4) is 0 Å². The van der Waals surface area contributed by atoms with Crippen molar-refractivity contribution in [2.75, 3.05) is 6.54 Å². The van der Waals surface area contributed by atoms with Crippen LogP contribution in [0.15, 0.2) is 18.2 Å². The Morgan fingerprint density at radius 2 is 2.15 bits per heavy atom. The molecule has 1 aliphatic rings. The molecule has 1 saturated heterocycles. The molecule has 4 heteroatoms. The molecule has 0 aliphatic carbocycles. The molecule has 0 unspecified atom stereocenters. The Balaban J connectivity index is 0.000000845. The maximum absolute atomic E-state index is 9.16. The summed E-state index contributed by atoms with van der Waals surface area (Å²) in [6.07, 6.45) is 1.15. The van der Waals surface area contributed by atoms with E-state index in [1.54, 1.807) is 6.07 Å². The van der Waals surface area contributed by atoms with E-state index in [1.807, 2.05) is 12.1 Å². The molecule has 1 fully saturated rings. The minimum absolute atomic E-state index is 0. The smallest absolute Gasteiger partial charge is 0.134 e. The zero-order chi connectivity index (χ0) is 8.55. The summed E-state index contributed by atoms with van der Waals surface area (Å²) in [4.78, 5) is 0. The molecular weight excluding hydrogens is 209 g/mol. The third kappa shape index (κ3) is 2.08. The molecule has 0 bridgehead atoms. The monoisotopic (exact) mass is 219 g/mol. The summed E-state index contributed by atoms with van der Waals surface area (Å²) in [6, 6.07) is 5.78. The van der Waals surface area contributed by atoms with E-state index in [2.05, 4.69) is 5.32 Å². The van der Waals surface area contributed by atoms with Gasteiger partial charge in [-0.2, -0.15) is 0 Å². The van der Waals surface area contributed by atoms with Gasteiger partial charge in [0.1, 0.15) is 5.75 Å². The molecule has 0 radical (unpaired) electrons. The Hall–Kier alpha value is -0.440. The number of hydrogen-bond donors (Lipinski definition) is 2. The molecule has 2 nitrogen and oxygen atoms in total. The lowest BCUT2D eigenvalue weighted by molar-refractivity contribution is 0.382. The predicted molar refractivity (Wildman–Crippen MR) is 55.7 cm³/mol. The highest BCUT2D eigenvalue weighted by Crippen LogP contribution is 2.29. The number of halogens is 2. The summed E-state index contributed by atoms with van der Waals surface area (Å²) in [5.41, 5.74) is 1.16. The second-order valence-corrected chi connectivity index (χ2v) is 3.41. The van der Waals surface area contributed by atoms with Crippen LogP contribution in [-0.2, 0) is 0 Å². The molecule has 72 valence electrons. The fourth-order valence-electron chi connectivity index (χ4n) is 1.31. The lowest BCUT2D eigenvalue weighted by Gasteiger charge is -2.28. The van der Waals surface area contributed by atoms with Crippen LogP contribution in [0.1, 0.15) is 18.0 Å². The number of hydrogen-bond acceptors (Lipinski definition) is 2. The second kappa shape index (κ2) is 4.18. The minimum Gasteiger partial charge on any atom is -0.506 e. The van der Waals surface area contributed by atoms with E-state index >= 15 is 0 Å². The van der Waals surface area contributed by atoms with Crippen LogP contribution < -0.4 is 5.32 Å². The maximum Gasteiger partial charge on any atom is 0.134 e. The van der Waals surface area contributed by atoms with E-state index < -0.39 is 0 Å². The molecule has 0 amide bonds. The second-order valence-electron chi connectivity index (χ2n) is 3.01. The first-order chi connectivity index (χ1) is 5.77. The molecule has 1 atom stereocenters. The van der Waals surface area contributed by atoms with Crippen LogP contribution in [0.2, 0.25) is 5.02 Å². The summed E-state index contributed by atoms with van der Waals surface area (Å²) in [5.74, 6) is 0.153. The Bertz CT molecular complexity index is 300. The van der Waals surface area contributed by atoms with E-state index in [-0.39, 0.29) is 18.2 Å². The quantitative estimate of drug-likeness (QED) is 0.762. The third-order valence-corrected chi connectivity index (χ3v) is 2.50. The Morgan fingerprint density at radius 3 is 2.62 bits per heavy atom. The van der Waals surface area contributed by atoms with Crippen molar-refractivity contribution >= 4 is 24.0 Å². The summed E-state index contributed by atoms with van der Waals surface area (Å²) in [5, 5.41) is 12.9. The van der Waals surface area contributed by atoms with Gasteiger partial charge in [-0.05, 0) is 30.7 Å². The largest absolute Gasteiger partial charge is 0.506 e. The normalized spacial score (nSPS) is 20.2. The summed E-state index contributed by atoms with van der Waals surface area (Å²) >= 11 is 5.76. The molecular formula is C9H11Cl2NO. The lowest BCUT2D eigenvalue weighted by atomic mass is 9.98. The van der Waals surface area contributed by atoms with Crippen molar-refractivity contribution in [2.45, 2.75) is 12.5 Å². The number of phenols is 1. The highest BCUT2D eigenvalue weighted by molar-refractivity contribution is 6.32. The zero-order valence-corrected chi connectivity index (χ0v) is 8.53. The van der Waals surface area contributed by atoms with Gasteiger partial charge < -0.3 is 10.4 Å². The average Bonchev–Trinajstić information content (AvgIpc) is 1.93. The van der Waals surface area contributed by atoms with Crippen molar-refractivity contribution in [3.8, 4) is 5.75 Å². The molecule has 2 rings (SSSR count). The first-order valence-electron chi connectivity index (χ1n) is 3.99. The number of nitrogens with one attached hydrogen (secondary N) is 1. The number of phenolic OH excluding ortho intramolecular Hbond substituents is 1. The Labute approximate surface area is 88.3 Å². The Kier molecular flexibility index (Phi) is 3.42. The predicted octanol–water partition coefficient (Wildman–Crippen LogP) is 2.50. The van der Waals surface area contributed by atoms with E-state index in [1.165, 1.54) is 0 Å². The number of rotatable bonds is 1. The molecule has 1 aromatic rings. The van der Waals surface area contributed by atoms with Gasteiger partial charge in [0.2, 0.25) is 0 Å². The van der Waals surface area contributed by atoms with Gasteiger partial charge in [-0.15, -0.1) is 12.4 Å². The van der Waals surface area contributed by atoms with E-state index in [0.29, 0.717) is 11.1 Å². The van der Waals surface area contributed by atoms with Crippen LogP contribution in [0.25, 0.3) is 0 Å². The molecule has 1 heterocycles. The van der Waals surface area contributed by atoms with Crippen LogP contribution in [-0.4, -0.2) is 11.7 Å². The van der Waals surface area contributed by atoms with E-state index in [9.17, 15) is 0 Å². The average molecular weight is 220 g/mol. The van der Waals surface area contributed by atoms with Crippen molar-refractivity contribution in [1.82, 2.24) is 5.32 Å². The standard InChI is InChI=1S/C9H10ClNO.ClH/c10-7-5-6(1-2-9(7)12)8-3-4-11-8;/h1-2,5,8,11-12H,3-4H2;1H/t8-;/m0./s1. The molecule has 0 saturated carbocycles. The van der Waals surface area contributed by atoms with E-state index in [0.717, 1.165) is 18.5 Å². The maximum atomic E-state index is 9.16. The molecule has 13 heavy (non-hydrogen) atoms. The fraction of sp³-hybridized carbons (Fsp3) is 0.333. The van der Waals surface area contributed by atoms with Crippen molar-refractivity contribution < 1.29 is 5.11 Å². The summed E-state index contributed by atoms with van der Waals surface area (Å²) in [6.45, 7) is 1.07. The number of aromatic hydroxyl groups is 1. The van der Waals surface area contributed by atoms with Gasteiger partial charge in [0.15, 0.2) is 0 Å². The van der Waals surface area contributed by atoms with E-state index in [4.69, 9.17) is 16.7 Å². The highest BCUT2D eigenvalue weighted by Gasteiger charge is 2.18. The minimum atomic E-state index is 0. The van der Waals surface area contributed by atoms with Crippen LogP contribution in [0, 0.1) is 0 Å². The van der Waals surface area contributed by atoms with Crippen LogP contribution in [0.4, 0.5) is 0 Å². The van der Waals surface area contributed by atoms with Gasteiger partial charge in [0.05, 0.1) is 5.02 Å². The van der Waals surface area contributed by atoms with Crippen molar-refractivity contribution in [3.63, 3.8) is 0 Å². The molecule has 1 aliphatic heterocycles. The molecule has 1 aromatic carbocycles. The zero-order valence-electron chi connectivity index (χ0n) is 6.96. The molecule has 0 aromatic heterocycles. The van der Waals surface area contributed by atoms with Crippen molar-refractivity contribution in [1.29, 1.82) is 0 Å². The first kappa shape index (κ1) is 10.6. The SMILES string of the molecule is Cl.Oc1ccc([C@@H]2CCN2)cc1Cl. The van der Waals surface area contributed by atoms with Gasteiger partial charge in [0, 0.05) is 6.04 Å². The summed E-state index contributed by atoms with van der Waals surface area (Å²) < 4.78 is 0. The topological polar surface area (TPSA) is 32.3 Å². The van der Waals surface area contributed by atoms with Gasteiger partial charge >= 0.3 is 0 Å². The van der Waals surface area contributed by atoms with Gasteiger partial charge in [-0.1, -0.05) is 17.7 Å². The lowest BCUT2D eigenvalue weighted by Crippen LogP contribution is -2.34. The first-order valence-corrected chi connectivity index (χ1v) is 4.37. The third-order valence-electron chi connectivity index (χ3n) is 2.20. The highest BCUT2D eigenvalue weighted by atomic mass is 35.5. The van der Waals surface area contributed by atoms with Crippen LogP contribution in [0.5, 0.6) is 5.75 Å². The van der Waals surface area contributed by atoms with Crippen LogP contribution >= 0.6 is 24.0 Å². The van der Waals surface area contributed by atoms with Gasteiger partial charge in [-0.25, -0.2) is 0 Å². The van der Waals surface area contributed by atoms with Gasteiger partial charge in [0.25, 0.3) is 0 Å². The van der Waals surface area contributed by atoms with Crippen molar-refractivity contribution in [2.24, 2.45) is 0 Å². The fourth-order valence-corrected chi connectivity index (χ4v) is 1.50. The van der Waals surface area contributed by atoms with Gasteiger partial charge in [-0.3, -0.25) is 0 Å². The summed E-state index contributed by atoms with van der Waals surface area (Å²) in [7, 11) is 0. The number of benzene rings is 1. The van der Waals surface area contributed by atoms with Crippen molar-refractivity contribution in [3.05, 3.63) is 28.8 Å². The molecule has 0 spiro atoms. The Morgan fingerprint density at radius 1 is 1.46 bits per heavy atom.